The van der Waals surface area contributed by atoms with Gasteiger partial charge in [-0.05, 0) is 36.1 Å². The fraction of sp³-hybridized carbons (Fsp3) is 0.389. The van der Waals surface area contributed by atoms with E-state index in [4.69, 9.17) is 0 Å². The Kier molecular flexibility index (Phi) is 3.37. The van der Waals surface area contributed by atoms with Gasteiger partial charge in [-0.15, -0.1) is 0 Å². The number of benzene rings is 2. The Morgan fingerprint density at radius 2 is 1.74 bits per heavy atom. The van der Waals surface area contributed by atoms with Gasteiger partial charge in [-0.2, -0.15) is 0 Å². The summed E-state index contributed by atoms with van der Waals surface area (Å²) in [7, 11) is 0. The topological polar surface area (TPSA) is 17.1 Å². The highest BCUT2D eigenvalue weighted by atomic mass is 16.1. The molecule has 0 N–H and O–H groups in total. The molecule has 0 bridgehead atoms. The summed E-state index contributed by atoms with van der Waals surface area (Å²) in [6.07, 6.45) is 5.85. The number of fused-ring (bicyclic) bond motifs is 1. The smallest absolute Gasteiger partial charge is 0.166 e. The average molecular weight is 252 g/mol. The zero-order chi connectivity index (χ0) is 13.2. The van der Waals surface area contributed by atoms with Gasteiger partial charge in [-0.25, -0.2) is 0 Å². The van der Waals surface area contributed by atoms with E-state index in [0.717, 1.165) is 29.4 Å². The Morgan fingerprint density at radius 1 is 1.00 bits per heavy atom. The van der Waals surface area contributed by atoms with Gasteiger partial charge < -0.3 is 0 Å². The zero-order valence-electron chi connectivity index (χ0n) is 11.5. The van der Waals surface area contributed by atoms with E-state index in [0.29, 0.717) is 5.78 Å². The highest BCUT2D eigenvalue weighted by Gasteiger charge is 2.24. The van der Waals surface area contributed by atoms with Crippen molar-refractivity contribution < 1.29 is 4.79 Å². The molecule has 0 saturated heterocycles. The maximum Gasteiger partial charge on any atom is 0.166 e. The first-order valence-corrected chi connectivity index (χ1v) is 7.30. The molecule has 0 amide bonds. The Labute approximate surface area is 114 Å². The lowest BCUT2D eigenvalue weighted by molar-refractivity contribution is 0.0890. The van der Waals surface area contributed by atoms with Crippen molar-refractivity contribution in [2.75, 3.05) is 0 Å². The van der Waals surface area contributed by atoms with Crippen LogP contribution >= 0.6 is 0 Å². The van der Waals surface area contributed by atoms with Gasteiger partial charge in [0.2, 0.25) is 0 Å². The fourth-order valence-electron chi connectivity index (χ4n) is 3.28. The minimum atomic E-state index is 0.248. The molecule has 1 nitrogen and oxygen atoms in total. The van der Waals surface area contributed by atoms with Crippen molar-refractivity contribution in [3.05, 3.63) is 47.5 Å². The molecule has 19 heavy (non-hydrogen) atoms. The van der Waals surface area contributed by atoms with E-state index in [9.17, 15) is 4.79 Å². The molecule has 0 aliphatic heterocycles. The number of carbonyl (C=O) groups excluding carboxylic acids is 1. The van der Waals surface area contributed by atoms with Gasteiger partial charge in [0.25, 0.3) is 0 Å². The third-order valence-corrected chi connectivity index (χ3v) is 4.36. The predicted octanol–water partition coefficient (Wildman–Crippen LogP) is 4.91. The van der Waals surface area contributed by atoms with Crippen molar-refractivity contribution in [3.63, 3.8) is 0 Å². The SMILES string of the molecule is Cc1ccc2ccccc2c1C(=O)C1CCCCC1. The largest absolute Gasteiger partial charge is 0.294 e. The van der Waals surface area contributed by atoms with Crippen molar-refractivity contribution in [2.45, 2.75) is 39.0 Å². The molecule has 0 aromatic heterocycles. The maximum atomic E-state index is 12.8. The molecule has 3 rings (SSSR count). The number of aryl methyl sites for hydroxylation is 1. The first kappa shape index (κ1) is 12.4. The number of hydrogen-bond donors (Lipinski definition) is 0. The Bertz CT molecular complexity index is 606. The second kappa shape index (κ2) is 5.16. The third kappa shape index (κ3) is 2.30. The molecule has 2 aromatic carbocycles. The van der Waals surface area contributed by atoms with Crippen LogP contribution in [0.25, 0.3) is 10.8 Å². The number of hydrogen-bond acceptors (Lipinski definition) is 1. The molecule has 0 unspecified atom stereocenters. The lowest BCUT2D eigenvalue weighted by atomic mass is 9.81. The minimum Gasteiger partial charge on any atom is -0.294 e. The molecule has 1 fully saturated rings. The Morgan fingerprint density at radius 3 is 2.53 bits per heavy atom. The van der Waals surface area contributed by atoms with Crippen LogP contribution in [0.1, 0.15) is 48.0 Å². The van der Waals surface area contributed by atoms with Crippen molar-refractivity contribution in [2.24, 2.45) is 5.92 Å². The molecule has 0 atom stereocenters. The van der Waals surface area contributed by atoms with Crippen LogP contribution in [0.4, 0.5) is 0 Å². The second-order valence-electron chi connectivity index (χ2n) is 5.68. The summed E-state index contributed by atoms with van der Waals surface area (Å²) in [5, 5.41) is 2.30. The monoisotopic (exact) mass is 252 g/mol. The van der Waals surface area contributed by atoms with Crippen molar-refractivity contribution in [3.8, 4) is 0 Å². The van der Waals surface area contributed by atoms with E-state index in [2.05, 4.69) is 31.2 Å². The van der Waals surface area contributed by atoms with Crippen LogP contribution in [0.5, 0.6) is 0 Å². The quantitative estimate of drug-likeness (QED) is 0.694. The van der Waals surface area contributed by atoms with E-state index >= 15 is 0 Å². The summed E-state index contributed by atoms with van der Waals surface area (Å²) in [5.41, 5.74) is 2.08. The minimum absolute atomic E-state index is 0.248. The van der Waals surface area contributed by atoms with Crippen molar-refractivity contribution >= 4 is 16.6 Å². The van der Waals surface area contributed by atoms with Gasteiger partial charge in [0.05, 0.1) is 0 Å². The predicted molar refractivity (Wildman–Crippen MR) is 79.6 cm³/mol. The number of carbonyl (C=O) groups is 1. The van der Waals surface area contributed by atoms with Gasteiger partial charge in [-0.1, -0.05) is 55.7 Å². The van der Waals surface area contributed by atoms with Gasteiger partial charge in [0.15, 0.2) is 5.78 Å². The molecule has 1 aliphatic rings. The fourth-order valence-corrected chi connectivity index (χ4v) is 3.28. The third-order valence-electron chi connectivity index (χ3n) is 4.36. The molecule has 0 heterocycles. The van der Waals surface area contributed by atoms with Gasteiger partial charge in [0.1, 0.15) is 0 Å². The first-order chi connectivity index (χ1) is 9.27. The van der Waals surface area contributed by atoms with E-state index < -0.39 is 0 Å². The van der Waals surface area contributed by atoms with E-state index in [1.165, 1.54) is 24.6 Å². The van der Waals surface area contributed by atoms with Crippen molar-refractivity contribution in [1.82, 2.24) is 0 Å². The van der Waals surface area contributed by atoms with Gasteiger partial charge >= 0.3 is 0 Å². The normalized spacial score (nSPS) is 16.7. The highest BCUT2D eigenvalue weighted by molar-refractivity contribution is 6.10. The van der Waals surface area contributed by atoms with Crippen LogP contribution in [-0.4, -0.2) is 5.78 Å². The number of ketones is 1. The Hall–Kier alpha value is -1.63. The zero-order valence-corrected chi connectivity index (χ0v) is 11.5. The summed E-state index contributed by atoms with van der Waals surface area (Å²) in [4.78, 5) is 12.8. The second-order valence-corrected chi connectivity index (χ2v) is 5.68. The molecule has 1 saturated carbocycles. The Balaban J connectivity index is 2.08. The van der Waals surface area contributed by atoms with E-state index in [1.807, 2.05) is 12.1 Å². The standard InChI is InChI=1S/C18H20O/c1-13-11-12-14-7-5-6-10-16(14)17(13)18(19)15-8-3-2-4-9-15/h5-7,10-12,15H,2-4,8-9H2,1H3. The molecular formula is C18H20O. The van der Waals surface area contributed by atoms with Gasteiger partial charge in [-0.3, -0.25) is 4.79 Å². The molecular weight excluding hydrogens is 232 g/mol. The van der Waals surface area contributed by atoms with Crippen molar-refractivity contribution in [1.29, 1.82) is 0 Å². The molecule has 0 spiro atoms. The van der Waals surface area contributed by atoms with Crippen LogP contribution in [0, 0.1) is 12.8 Å². The van der Waals surface area contributed by atoms with Crippen LogP contribution in [0.15, 0.2) is 36.4 Å². The summed E-state index contributed by atoms with van der Waals surface area (Å²) in [5.74, 6) is 0.618. The number of Topliss-reactive ketones (excluding diaryl/α,β-unsaturated/α-hetero) is 1. The van der Waals surface area contributed by atoms with Crippen LogP contribution < -0.4 is 0 Å². The number of rotatable bonds is 2. The van der Waals surface area contributed by atoms with Crippen LogP contribution in [0.2, 0.25) is 0 Å². The first-order valence-electron chi connectivity index (χ1n) is 7.30. The molecule has 1 aliphatic carbocycles. The summed E-state index contributed by atoms with van der Waals surface area (Å²) in [6, 6.07) is 12.4. The summed E-state index contributed by atoms with van der Waals surface area (Å²) < 4.78 is 0. The summed E-state index contributed by atoms with van der Waals surface area (Å²) >= 11 is 0. The summed E-state index contributed by atoms with van der Waals surface area (Å²) in [6.45, 7) is 2.06. The average Bonchev–Trinajstić information content (AvgIpc) is 2.47. The van der Waals surface area contributed by atoms with Crippen LogP contribution in [-0.2, 0) is 0 Å². The van der Waals surface area contributed by atoms with E-state index in [1.54, 1.807) is 0 Å². The molecule has 2 aromatic rings. The van der Waals surface area contributed by atoms with E-state index in [-0.39, 0.29) is 5.92 Å². The maximum absolute atomic E-state index is 12.8. The lowest BCUT2D eigenvalue weighted by Crippen LogP contribution is -2.19. The highest BCUT2D eigenvalue weighted by Crippen LogP contribution is 2.31. The molecule has 0 radical (unpaired) electrons. The van der Waals surface area contributed by atoms with Crippen LogP contribution in [0.3, 0.4) is 0 Å². The molecule has 98 valence electrons. The molecule has 1 heteroatoms. The van der Waals surface area contributed by atoms with Gasteiger partial charge in [0, 0.05) is 11.5 Å². The lowest BCUT2D eigenvalue weighted by Gasteiger charge is -2.22.